The monoisotopic (exact) mass is 370 g/mol. The van der Waals surface area contributed by atoms with E-state index < -0.39 is 0 Å². The molecule has 0 aromatic heterocycles. The molecule has 0 aliphatic heterocycles. The van der Waals surface area contributed by atoms with Crippen LogP contribution in [-0.2, 0) is 6.42 Å². The average molecular weight is 372 g/mol. The van der Waals surface area contributed by atoms with E-state index in [0.717, 1.165) is 4.47 Å². The fourth-order valence-corrected chi connectivity index (χ4v) is 2.43. The second kappa shape index (κ2) is 5.76. The highest BCUT2D eigenvalue weighted by Gasteiger charge is 2.11. The molecule has 0 atom stereocenters. The van der Waals surface area contributed by atoms with E-state index in [0.29, 0.717) is 15.6 Å². The van der Waals surface area contributed by atoms with E-state index in [1.54, 1.807) is 30.3 Å². The highest BCUT2D eigenvalue weighted by Crippen LogP contribution is 2.22. The van der Waals surface area contributed by atoms with Gasteiger partial charge in [-0.2, -0.15) is 0 Å². The van der Waals surface area contributed by atoms with Crippen LogP contribution >= 0.6 is 31.9 Å². The number of ketones is 1. The standard InChI is InChI=1S/C14H9Br2FO/c15-11-5-1-3-9(7-11)13(18)8-10-4-2-6-12(17)14(10)16/h1-7H,8H2. The molecule has 0 heterocycles. The molecule has 0 bridgehead atoms. The molecule has 0 amide bonds. The van der Waals surface area contributed by atoms with Crippen molar-refractivity contribution in [3.63, 3.8) is 0 Å². The van der Waals surface area contributed by atoms with Gasteiger partial charge in [-0.3, -0.25) is 4.79 Å². The predicted octanol–water partition coefficient (Wildman–Crippen LogP) is 4.78. The van der Waals surface area contributed by atoms with Gasteiger partial charge >= 0.3 is 0 Å². The fraction of sp³-hybridized carbons (Fsp3) is 0.0714. The molecule has 0 saturated heterocycles. The molecule has 0 N–H and O–H groups in total. The van der Waals surface area contributed by atoms with Crippen LogP contribution < -0.4 is 0 Å². The molecular weight excluding hydrogens is 363 g/mol. The summed E-state index contributed by atoms with van der Waals surface area (Å²) < 4.78 is 14.5. The maximum Gasteiger partial charge on any atom is 0.167 e. The lowest BCUT2D eigenvalue weighted by molar-refractivity contribution is 0.0992. The van der Waals surface area contributed by atoms with Crippen LogP contribution in [0.3, 0.4) is 0 Å². The summed E-state index contributed by atoms with van der Waals surface area (Å²) in [5.74, 6) is -0.392. The summed E-state index contributed by atoms with van der Waals surface area (Å²) in [6.07, 6.45) is 0.175. The minimum atomic E-state index is -0.352. The first-order valence-corrected chi connectivity index (χ1v) is 6.88. The third-order valence-corrected chi connectivity index (χ3v) is 3.91. The zero-order valence-electron chi connectivity index (χ0n) is 9.29. The Morgan fingerprint density at radius 3 is 2.56 bits per heavy atom. The molecule has 0 fully saturated rings. The van der Waals surface area contributed by atoms with Gasteiger partial charge < -0.3 is 0 Å². The van der Waals surface area contributed by atoms with E-state index in [1.165, 1.54) is 6.07 Å². The molecule has 0 saturated carbocycles. The van der Waals surface area contributed by atoms with Crippen LogP contribution in [-0.4, -0.2) is 5.78 Å². The van der Waals surface area contributed by atoms with Crippen LogP contribution in [0.1, 0.15) is 15.9 Å². The van der Waals surface area contributed by atoms with Crippen molar-refractivity contribution < 1.29 is 9.18 Å². The van der Waals surface area contributed by atoms with Gasteiger partial charge in [-0.05, 0) is 39.7 Å². The summed E-state index contributed by atoms with van der Waals surface area (Å²) in [7, 11) is 0. The van der Waals surface area contributed by atoms with Crippen LogP contribution in [0.4, 0.5) is 4.39 Å². The number of hydrogen-bond donors (Lipinski definition) is 0. The van der Waals surface area contributed by atoms with Crippen molar-refractivity contribution in [2.24, 2.45) is 0 Å². The topological polar surface area (TPSA) is 17.1 Å². The lowest BCUT2D eigenvalue weighted by Gasteiger charge is -2.05. The summed E-state index contributed by atoms with van der Waals surface area (Å²) in [5.41, 5.74) is 1.26. The van der Waals surface area contributed by atoms with Gasteiger partial charge in [0.15, 0.2) is 5.78 Å². The second-order valence-corrected chi connectivity index (χ2v) is 5.53. The maximum absolute atomic E-state index is 13.3. The van der Waals surface area contributed by atoms with Crippen molar-refractivity contribution in [1.29, 1.82) is 0 Å². The van der Waals surface area contributed by atoms with Gasteiger partial charge in [0.1, 0.15) is 5.82 Å². The third kappa shape index (κ3) is 3.06. The summed E-state index contributed by atoms with van der Waals surface area (Å²) in [5, 5.41) is 0. The Balaban J connectivity index is 2.24. The van der Waals surface area contributed by atoms with Gasteiger partial charge in [-0.25, -0.2) is 4.39 Å². The van der Waals surface area contributed by atoms with Crippen molar-refractivity contribution in [2.45, 2.75) is 6.42 Å². The van der Waals surface area contributed by atoms with Crippen molar-refractivity contribution in [3.8, 4) is 0 Å². The SMILES string of the molecule is O=C(Cc1cccc(F)c1Br)c1cccc(Br)c1. The lowest BCUT2D eigenvalue weighted by Crippen LogP contribution is -2.04. The highest BCUT2D eigenvalue weighted by molar-refractivity contribution is 9.10. The summed E-state index contributed by atoms with van der Waals surface area (Å²) in [6, 6.07) is 11.9. The Morgan fingerprint density at radius 2 is 1.83 bits per heavy atom. The molecule has 4 heteroatoms. The molecule has 0 radical (unpaired) electrons. The highest BCUT2D eigenvalue weighted by atomic mass is 79.9. The van der Waals surface area contributed by atoms with Crippen LogP contribution in [0, 0.1) is 5.82 Å². The van der Waals surface area contributed by atoms with Crippen molar-refractivity contribution in [1.82, 2.24) is 0 Å². The molecule has 2 aromatic rings. The minimum absolute atomic E-state index is 0.0393. The van der Waals surface area contributed by atoms with E-state index in [-0.39, 0.29) is 18.0 Å². The van der Waals surface area contributed by atoms with E-state index in [4.69, 9.17) is 0 Å². The lowest BCUT2D eigenvalue weighted by atomic mass is 10.0. The second-order valence-electron chi connectivity index (χ2n) is 3.82. The zero-order chi connectivity index (χ0) is 13.1. The first kappa shape index (κ1) is 13.4. The number of carbonyl (C=O) groups is 1. The normalized spacial score (nSPS) is 10.4. The van der Waals surface area contributed by atoms with Gasteiger partial charge in [0.2, 0.25) is 0 Å². The number of benzene rings is 2. The van der Waals surface area contributed by atoms with E-state index >= 15 is 0 Å². The fourth-order valence-electron chi connectivity index (χ4n) is 1.62. The van der Waals surface area contributed by atoms with Crippen LogP contribution in [0.25, 0.3) is 0 Å². The predicted molar refractivity (Wildman–Crippen MR) is 76.3 cm³/mol. The molecule has 2 aromatic carbocycles. The van der Waals surface area contributed by atoms with Gasteiger partial charge in [0, 0.05) is 16.5 Å². The van der Waals surface area contributed by atoms with Crippen molar-refractivity contribution in [2.75, 3.05) is 0 Å². The average Bonchev–Trinajstić information content (AvgIpc) is 2.35. The smallest absolute Gasteiger partial charge is 0.167 e. The molecule has 0 aliphatic carbocycles. The Bertz CT molecular complexity index is 596. The molecular formula is C14H9Br2FO. The number of hydrogen-bond acceptors (Lipinski definition) is 1. The van der Waals surface area contributed by atoms with Gasteiger partial charge in [-0.1, -0.05) is 40.2 Å². The molecule has 18 heavy (non-hydrogen) atoms. The Labute approximate surface area is 121 Å². The largest absolute Gasteiger partial charge is 0.294 e. The first-order valence-electron chi connectivity index (χ1n) is 5.29. The minimum Gasteiger partial charge on any atom is -0.294 e. The molecule has 0 spiro atoms. The third-order valence-electron chi connectivity index (χ3n) is 2.53. The molecule has 1 nitrogen and oxygen atoms in total. The summed E-state index contributed by atoms with van der Waals surface area (Å²) in [4.78, 5) is 12.1. The molecule has 0 unspecified atom stereocenters. The first-order chi connectivity index (χ1) is 8.58. The summed E-state index contributed by atoms with van der Waals surface area (Å²) in [6.45, 7) is 0. The Kier molecular flexibility index (Phi) is 4.30. The number of halogens is 3. The van der Waals surface area contributed by atoms with Crippen molar-refractivity contribution >= 4 is 37.6 Å². The Morgan fingerprint density at radius 1 is 1.11 bits per heavy atom. The Hall–Kier alpha value is -1.00. The van der Waals surface area contributed by atoms with E-state index in [2.05, 4.69) is 31.9 Å². The quantitative estimate of drug-likeness (QED) is 0.710. The van der Waals surface area contributed by atoms with Crippen LogP contribution in [0.5, 0.6) is 0 Å². The van der Waals surface area contributed by atoms with Crippen LogP contribution in [0.2, 0.25) is 0 Å². The van der Waals surface area contributed by atoms with Gasteiger partial charge in [0.25, 0.3) is 0 Å². The number of carbonyl (C=O) groups excluding carboxylic acids is 1. The van der Waals surface area contributed by atoms with Gasteiger partial charge in [0.05, 0.1) is 4.47 Å². The molecule has 2 rings (SSSR count). The van der Waals surface area contributed by atoms with Crippen LogP contribution in [0.15, 0.2) is 51.4 Å². The zero-order valence-corrected chi connectivity index (χ0v) is 12.5. The molecule has 0 aliphatic rings. The van der Waals surface area contributed by atoms with Crippen molar-refractivity contribution in [3.05, 3.63) is 68.4 Å². The van der Waals surface area contributed by atoms with Gasteiger partial charge in [-0.15, -0.1) is 0 Å². The maximum atomic E-state index is 13.3. The van der Waals surface area contributed by atoms with E-state index in [9.17, 15) is 9.18 Å². The molecule has 92 valence electrons. The number of rotatable bonds is 3. The van der Waals surface area contributed by atoms with E-state index in [1.807, 2.05) is 6.07 Å². The number of Topliss-reactive ketones (excluding diaryl/α,β-unsaturated/α-hetero) is 1. The summed E-state index contributed by atoms with van der Waals surface area (Å²) >= 11 is 6.48.